The van der Waals surface area contributed by atoms with E-state index in [1.54, 1.807) is 0 Å². The maximum Gasteiger partial charge on any atom is 0.243 e. The summed E-state index contributed by atoms with van der Waals surface area (Å²) in [5.41, 5.74) is 3.42. The van der Waals surface area contributed by atoms with Gasteiger partial charge >= 0.3 is 0 Å². The first-order valence-corrected chi connectivity index (χ1v) is 4.01. The fourth-order valence-corrected chi connectivity index (χ4v) is 0.929. The Labute approximate surface area is 66.9 Å². The van der Waals surface area contributed by atoms with Gasteiger partial charge in [0.15, 0.2) is 0 Å². The van der Waals surface area contributed by atoms with Gasteiger partial charge in [-0.15, -0.1) is 0 Å². The van der Waals surface area contributed by atoms with E-state index < -0.39 is 0 Å². The average molecular weight is 154 g/mol. The van der Waals surface area contributed by atoms with Gasteiger partial charge in [-0.1, -0.05) is 6.42 Å². The molecule has 0 atom stereocenters. The van der Waals surface area contributed by atoms with Crippen LogP contribution in [0.4, 0.5) is 0 Å². The molecule has 1 amide bonds. The van der Waals surface area contributed by atoms with Crippen molar-refractivity contribution in [3.05, 3.63) is 0 Å². The molecule has 1 aliphatic rings. The van der Waals surface area contributed by atoms with E-state index >= 15 is 0 Å². The van der Waals surface area contributed by atoms with Crippen LogP contribution in [-0.4, -0.2) is 11.6 Å². The number of hydrazone groups is 1. The fourth-order valence-electron chi connectivity index (χ4n) is 0.929. The van der Waals surface area contributed by atoms with Gasteiger partial charge in [0.1, 0.15) is 0 Å². The second kappa shape index (κ2) is 3.51. The normalized spacial score (nSPS) is 16.9. The van der Waals surface area contributed by atoms with Crippen LogP contribution in [0.5, 0.6) is 0 Å². The van der Waals surface area contributed by atoms with Crippen molar-refractivity contribution < 1.29 is 4.79 Å². The zero-order valence-electron chi connectivity index (χ0n) is 7.05. The molecule has 1 fully saturated rings. The molecule has 0 aromatic rings. The Kier molecular flexibility index (Phi) is 2.63. The van der Waals surface area contributed by atoms with E-state index in [0.717, 1.165) is 18.6 Å². The van der Waals surface area contributed by atoms with Crippen LogP contribution in [0.25, 0.3) is 0 Å². The molecule has 0 bridgehead atoms. The summed E-state index contributed by atoms with van der Waals surface area (Å²) in [5, 5.41) is 3.84. The first-order chi connectivity index (χ1) is 5.20. The van der Waals surface area contributed by atoms with E-state index in [9.17, 15) is 4.79 Å². The molecule has 0 unspecified atom stereocenters. The molecule has 3 nitrogen and oxygen atoms in total. The monoisotopic (exact) mass is 154 g/mol. The summed E-state index contributed by atoms with van der Waals surface area (Å²) in [4.78, 5) is 11.1. The van der Waals surface area contributed by atoms with Crippen LogP contribution in [0.2, 0.25) is 0 Å². The van der Waals surface area contributed by atoms with Crippen molar-refractivity contribution in [3.63, 3.8) is 0 Å². The summed E-state index contributed by atoms with van der Waals surface area (Å²) < 4.78 is 0. The summed E-state index contributed by atoms with van der Waals surface area (Å²) in [6.45, 7) is 3.72. The van der Waals surface area contributed by atoms with Crippen molar-refractivity contribution >= 4 is 11.6 Å². The van der Waals surface area contributed by atoms with E-state index in [1.807, 2.05) is 13.8 Å². The minimum Gasteiger partial charge on any atom is -0.273 e. The van der Waals surface area contributed by atoms with Crippen LogP contribution < -0.4 is 5.43 Å². The molecule has 1 aliphatic carbocycles. The highest BCUT2D eigenvalue weighted by Crippen LogP contribution is 2.25. The van der Waals surface area contributed by atoms with Crippen LogP contribution in [-0.2, 0) is 4.79 Å². The van der Waals surface area contributed by atoms with Gasteiger partial charge in [0.25, 0.3) is 0 Å². The van der Waals surface area contributed by atoms with Crippen LogP contribution in [0.1, 0.15) is 33.1 Å². The molecule has 0 spiro atoms. The number of nitrogens with zero attached hydrogens (tertiary/aromatic N) is 1. The van der Waals surface area contributed by atoms with Gasteiger partial charge in [0, 0.05) is 11.6 Å². The minimum atomic E-state index is 0.0810. The number of amides is 1. The van der Waals surface area contributed by atoms with Crippen molar-refractivity contribution in [2.45, 2.75) is 33.1 Å². The molecular weight excluding hydrogens is 140 g/mol. The standard InChI is InChI=1S/C8H14N2O/c1-6(2)9-10-8(11)7-4-3-5-7/h7H,3-5H2,1-2H3,(H,10,11). The van der Waals surface area contributed by atoms with E-state index in [2.05, 4.69) is 10.5 Å². The quantitative estimate of drug-likeness (QED) is 0.472. The average Bonchev–Trinajstić information content (AvgIpc) is 1.79. The van der Waals surface area contributed by atoms with Crippen molar-refractivity contribution in [2.24, 2.45) is 11.0 Å². The lowest BCUT2D eigenvalue weighted by Gasteiger charge is -2.22. The second-order valence-corrected chi connectivity index (χ2v) is 3.16. The fraction of sp³-hybridized carbons (Fsp3) is 0.750. The summed E-state index contributed by atoms with van der Waals surface area (Å²) >= 11 is 0. The molecule has 0 saturated heterocycles. The van der Waals surface area contributed by atoms with Crippen LogP contribution in [0.15, 0.2) is 5.10 Å². The molecule has 0 radical (unpaired) electrons. The van der Waals surface area contributed by atoms with E-state index in [4.69, 9.17) is 0 Å². The largest absolute Gasteiger partial charge is 0.273 e. The van der Waals surface area contributed by atoms with Gasteiger partial charge in [0.05, 0.1) is 0 Å². The summed E-state index contributed by atoms with van der Waals surface area (Å²) in [6, 6.07) is 0. The Bertz CT molecular complexity index is 179. The van der Waals surface area contributed by atoms with Gasteiger partial charge in [0.2, 0.25) is 5.91 Å². The zero-order chi connectivity index (χ0) is 8.27. The maximum absolute atomic E-state index is 11.1. The number of carbonyl (C=O) groups is 1. The zero-order valence-corrected chi connectivity index (χ0v) is 7.05. The lowest BCUT2D eigenvalue weighted by atomic mass is 9.85. The van der Waals surface area contributed by atoms with Crippen molar-refractivity contribution in [3.8, 4) is 0 Å². The van der Waals surface area contributed by atoms with Gasteiger partial charge in [-0.05, 0) is 26.7 Å². The highest BCUT2D eigenvalue weighted by Gasteiger charge is 2.24. The molecule has 3 heteroatoms. The maximum atomic E-state index is 11.1. The third-order valence-corrected chi connectivity index (χ3v) is 1.87. The molecule has 0 aliphatic heterocycles. The molecular formula is C8H14N2O. The highest BCUT2D eigenvalue weighted by atomic mass is 16.2. The summed E-state index contributed by atoms with van der Waals surface area (Å²) in [5.74, 6) is 0.315. The molecule has 62 valence electrons. The van der Waals surface area contributed by atoms with E-state index in [0.29, 0.717) is 0 Å². The van der Waals surface area contributed by atoms with Gasteiger partial charge in [-0.3, -0.25) is 4.79 Å². The SMILES string of the molecule is CC(C)=NNC(=O)C1CCC1. The second-order valence-electron chi connectivity index (χ2n) is 3.16. The molecule has 1 saturated carbocycles. The number of carbonyl (C=O) groups excluding carboxylic acids is 1. The lowest BCUT2D eigenvalue weighted by molar-refractivity contribution is -0.127. The number of hydrogen-bond acceptors (Lipinski definition) is 2. The minimum absolute atomic E-state index is 0.0810. The molecule has 1 N–H and O–H groups in total. The highest BCUT2D eigenvalue weighted by molar-refractivity contribution is 5.83. The number of hydrogen-bond donors (Lipinski definition) is 1. The molecule has 1 rings (SSSR count). The Morgan fingerprint density at radius 3 is 2.45 bits per heavy atom. The first-order valence-electron chi connectivity index (χ1n) is 4.01. The van der Waals surface area contributed by atoms with Crippen LogP contribution in [0, 0.1) is 5.92 Å². The van der Waals surface area contributed by atoms with E-state index in [1.165, 1.54) is 6.42 Å². The third kappa shape index (κ3) is 2.33. The van der Waals surface area contributed by atoms with Gasteiger partial charge < -0.3 is 0 Å². The first kappa shape index (κ1) is 8.24. The smallest absolute Gasteiger partial charge is 0.243 e. The Morgan fingerprint density at radius 1 is 1.45 bits per heavy atom. The van der Waals surface area contributed by atoms with Crippen LogP contribution >= 0.6 is 0 Å². The Balaban J connectivity index is 2.25. The molecule has 0 aromatic carbocycles. The van der Waals surface area contributed by atoms with Crippen molar-refractivity contribution in [2.75, 3.05) is 0 Å². The Morgan fingerprint density at radius 2 is 2.09 bits per heavy atom. The molecule has 11 heavy (non-hydrogen) atoms. The van der Waals surface area contributed by atoms with Crippen LogP contribution in [0.3, 0.4) is 0 Å². The number of nitrogens with one attached hydrogen (secondary N) is 1. The summed E-state index contributed by atoms with van der Waals surface area (Å²) in [7, 11) is 0. The predicted octanol–water partition coefficient (Wildman–Crippen LogP) is 1.30. The Hall–Kier alpha value is -0.860. The van der Waals surface area contributed by atoms with E-state index in [-0.39, 0.29) is 11.8 Å². The van der Waals surface area contributed by atoms with Crippen molar-refractivity contribution in [1.29, 1.82) is 0 Å². The third-order valence-electron chi connectivity index (χ3n) is 1.87. The van der Waals surface area contributed by atoms with Gasteiger partial charge in [-0.25, -0.2) is 5.43 Å². The van der Waals surface area contributed by atoms with Crippen molar-refractivity contribution in [1.82, 2.24) is 5.43 Å². The summed E-state index contributed by atoms with van der Waals surface area (Å²) in [6.07, 6.45) is 3.25. The predicted molar refractivity (Wildman–Crippen MR) is 44.3 cm³/mol. The van der Waals surface area contributed by atoms with Gasteiger partial charge in [-0.2, -0.15) is 5.10 Å². The number of rotatable bonds is 2. The molecule has 0 aromatic heterocycles. The lowest BCUT2D eigenvalue weighted by Crippen LogP contribution is -2.31. The molecule has 0 heterocycles. The topological polar surface area (TPSA) is 41.5 Å².